The first-order chi connectivity index (χ1) is 8.65. The number of rotatable bonds is 5. The molecule has 2 rings (SSSR count). The Kier molecular flexibility index (Phi) is 4.23. The normalized spacial score (nSPS) is 14.2. The maximum Gasteiger partial charge on any atom is 0.132 e. The van der Waals surface area contributed by atoms with Gasteiger partial charge in [-0.05, 0) is 31.2 Å². The Morgan fingerprint density at radius 1 is 1.44 bits per heavy atom. The Bertz CT molecular complexity index is 470. The zero-order valence-electron chi connectivity index (χ0n) is 10.0. The van der Waals surface area contributed by atoms with Gasteiger partial charge in [-0.2, -0.15) is 0 Å². The summed E-state index contributed by atoms with van der Waals surface area (Å²) in [5.74, 6) is 1.31. The molecule has 0 amide bonds. The van der Waals surface area contributed by atoms with Crippen molar-refractivity contribution in [2.24, 2.45) is 0 Å². The largest absolute Gasteiger partial charge is 0.467 e. The zero-order chi connectivity index (χ0) is 13.0. The molecular formula is C13H15ClN2O2. The fourth-order valence-corrected chi connectivity index (χ4v) is 1.82. The van der Waals surface area contributed by atoms with Crippen molar-refractivity contribution < 1.29 is 9.52 Å². The van der Waals surface area contributed by atoms with Crippen molar-refractivity contribution in [2.45, 2.75) is 25.5 Å². The first kappa shape index (κ1) is 12.9. The molecule has 2 heterocycles. The summed E-state index contributed by atoms with van der Waals surface area (Å²) in [6, 6.07) is 7.17. The van der Waals surface area contributed by atoms with Crippen molar-refractivity contribution in [3.05, 3.63) is 47.5 Å². The summed E-state index contributed by atoms with van der Waals surface area (Å²) in [4.78, 5) is 4.14. The highest BCUT2D eigenvalue weighted by molar-refractivity contribution is 6.30. The summed E-state index contributed by atoms with van der Waals surface area (Å²) in [6.07, 6.45) is 3.06. The summed E-state index contributed by atoms with van der Waals surface area (Å²) >= 11 is 5.76. The number of aliphatic hydroxyl groups is 1. The SMILES string of the molecule is C[C@@H](C[C@@H](O)c1ccco1)Nc1ccc(Cl)cn1. The van der Waals surface area contributed by atoms with Gasteiger partial charge in [0.2, 0.25) is 0 Å². The monoisotopic (exact) mass is 266 g/mol. The molecule has 0 aromatic carbocycles. The van der Waals surface area contributed by atoms with Gasteiger partial charge >= 0.3 is 0 Å². The maximum absolute atomic E-state index is 9.93. The van der Waals surface area contributed by atoms with Crippen LogP contribution in [0.3, 0.4) is 0 Å². The third-order valence-corrected chi connectivity index (χ3v) is 2.79. The van der Waals surface area contributed by atoms with Crippen molar-refractivity contribution in [3.8, 4) is 0 Å². The first-order valence-electron chi connectivity index (χ1n) is 5.74. The number of aromatic nitrogens is 1. The van der Waals surface area contributed by atoms with Crippen LogP contribution < -0.4 is 5.32 Å². The summed E-state index contributed by atoms with van der Waals surface area (Å²) in [5, 5.41) is 13.7. The Balaban J connectivity index is 1.88. The van der Waals surface area contributed by atoms with Crippen LogP contribution in [0.25, 0.3) is 0 Å². The molecule has 18 heavy (non-hydrogen) atoms. The molecule has 2 N–H and O–H groups in total. The predicted molar refractivity (Wildman–Crippen MR) is 70.6 cm³/mol. The van der Waals surface area contributed by atoms with Gasteiger partial charge in [0.1, 0.15) is 17.7 Å². The van der Waals surface area contributed by atoms with Crippen LogP contribution in [-0.4, -0.2) is 16.1 Å². The topological polar surface area (TPSA) is 58.3 Å². The van der Waals surface area contributed by atoms with E-state index >= 15 is 0 Å². The number of nitrogens with one attached hydrogen (secondary N) is 1. The van der Waals surface area contributed by atoms with E-state index in [-0.39, 0.29) is 6.04 Å². The van der Waals surface area contributed by atoms with Crippen molar-refractivity contribution in [1.29, 1.82) is 0 Å². The molecule has 0 aliphatic carbocycles. The van der Waals surface area contributed by atoms with Crippen LogP contribution in [-0.2, 0) is 0 Å². The second kappa shape index (κ2) is 5.89. The fraction of sp³-hybridized carbons (Fsp3) is 0.308. The number of pyridine rings is 1. The summed E-state index contributed by atoms with van der Waals surface area (Å²) in [6.45, 7) is 1.97. The maximum atomic E-state index is 9.93. The minimum absolute atomic E-state index is 0.0683. The van der Waals surface area contributed by atoms with Crippen LogP contribution in [0.1, 0.15) is 25.2 Å². The second-order valence-corrected chi connectivity index (χ2v) is 4.61. The lowest BCUT2D eigenvalue weighted by Crippen LogP contribution is -2.19. The molecule has 0 aliphatic rings. The number of anilines is 1. The highest BCUT2D eigenvalue weighted by atomic mass is 35.5. The molecule has 0 bridgehead atoms. The molecule has 0 saturated carbocycles. The number of nitrogens with zero attached hydrogens (tertiary/aromatic N) is 1. The molecule has 0 unspecified atom stereocenters. The van der Waals surface area contributed by atoms with Gasteiger partial charge in [-0.15, -0.1) is 0 Å². The van der Waals surface area contributed by atoms with Gasteiger partial charge in [-0.3, -0.25) is 0 Å². The van der Waals surface area contributed by atoms with E-state index in [2.05, 4.69) is 10.3 Å². The van der Waals surface area contributed by atoms with Crippen LogP contribution in [0.15, 0.2) is 41.1 Å². The number of hydrogen-bond donors (Lipinski definition) is 2. The van der Waals surface area contributed by atoms with Crippen LogP contribution in [0.5, 0.6) is 0 Å². The van der Waals surface area contributed by atoms with E-state index < -0.39 is 6.10 Å². The quantitative estimate of drug-likeness (QED) is 0.872. The zero-order valence-corrected chi connectivity index (χ0v) is 10.8. The fourth-order valence-electron chi connectivity index (χ4n) is 1.70. The smallest absolute Gasteiger partial charge is 0.132 e. The molecule has 0 saturated heterocycles. The summed E-state index contributed by atoms with van der Waals surface area (Å²) in [5.41, 5.74) is 0. The second-order valence-electron chi connectivity index (χ2n) is 4.17. The summed E-state index contributed by atoms with van der Waals surface area (Å²) in [7, 11) is 0. The molecule has 0 radical (unpaired) electrons. The molecule has 0 aliphatic heterocycles. The lowest BCUT2D eigenvalue weighted by Gasteiger charge is -2.17. The van der Waals surface area contributed by atoms with E-state index in [1.165, 1.54) is 0 Å². The Labute approximate surface area is 111 Å². The van der Waals surface area contributed by atoms with Crippen molar-refractivity contribution >= 4 is 17.4 Å². The van der Waals surface area contributed by atoms with E-state index in [1.807, 2.05) is 6.92 Å². The van der Waals surface area contributed by atoms with Crippen molar-refractivity contribution in [2.75, 3.05) is 5.32 Å². The van der Waals surface area contributed by atoms with Gasteiger partial charge in [0.15, 0.2) is 0 Å². The number of hydrogen-bond acceptors (Lipinski definition) is 4. The number of furan rings is 1. The average molecular weight is 267 g/mol. The molecule has 2 atom stereocenters. The standard InChI is InChI=1S/C13H15ClN2O2/c1-9(7-11(17)12-3-2-6-18-12)16-13-5-4-10(14)8-15-13/h2-6,8-9,11,17H,7H2,1H3,(H,15,16)/t9-,11+/m0/s1. The molecule has 0 spiro atoms. The van der Waals surface area contributed by atoms with Gasteiger partial charge in [0.25, 0.3) is 0 Å². The molecule has 2 aromatic rings. The Morgan fingerprint density at radius 3 is 2.89 bits per heavy atom. The van der Waals surface area contributed by atoms with Gasteiger partial charge < -0.3 is 14.8 Å². The van der Waals surface area contributed by atoms with Gasteiger partial charge in [0, 0.05) is 18.7 Å². The summed E-state index contributed by atoms with van der Waals surface area (Å²) < 4.78 is 5.15. The number of aliphatic hydroxyl groups excluding tert-OH is 1. The first-order valence-corrected chi connectivity index (χ1v) is 6.12. The highest BCUT2D eigenvalue weighted by Gasteiger charge is 2.14. The van der Waals surface area contributed by atoms with Crippen molar-refractivity contribution in [3.63, 3.8) is 0 Å². The molecule has 4 nitrogen and oxygen atoms in total. The number of halogens is 1. The Hall–Kier alpha value is -1.52. The lowest BCUT2D eigenvalue weighted by molar-refractivity contribution is 0.136. The molecular weight excluding hydrogens is 252 g/mol. The Morgan fingerprint density at radius 2 is 2.28 bits per heavy atom. The minimum atomic E-state index is -0.616. The van der Waals surface area contributed by atoms with E-state index in [0.717, 1.165) is 5.82 Å². The van der Waals surface area contributed by atoms with Crippen LogP contribution >= 0.6 is 11.6 Å². The third kappa shape index (κ3) is 3.48. The highest BCUT2D eigenvalue weighted by Crippen LogP contribution is 2.20. The molecule has 96 valence electrons. The van der Waals surface area contributed by atoms with Crippen molar-refractivity contribution in [1.82, 2.24) is 4.98 Å². The van der Waals surface area contributed by atoms with Crippen LogP contribution in [0.2, 0.25) is 5.02 Å². The molecule has 2 aromatic heterocycles. The average Bonchev–Trinajstić information content (AvgIpc) is 2.85. The predicted octanol–water partition coefficient (Wildman–Crippen LogP) is 3.25. The van der Waals surface area contributed by atoms with E-state index in [4.69, 9.17) is 16.0 Å². The molecule has 5 heteroatoms. The van der Waals surface area contributed by atoms with Gasteiger partial charge in [0.05, 0.1) is 11.3 Å². The van der Waals surface area contributed by atoms with E-state index in [1.54, 1.807) is 36.7 Å². The van der Waals surface area contributed by atoms with Gasteiger partial charge in [-0.1, -0.05) is 11.6 Å². The van der Waals surface area contributed by atoms with Gasteiger partial charge in [-0.25, -0.2) is 4.98 Å². The van der Waals surface area contributed by atoms with E-state index in [9.17, 15) is 5.11 Å². The van der Waals surface area contributed by atoms with Crippen LogP contribution in [0, 0.1) is 0 Å². The minimum Gasteiger partial charge on any atom is -0.467 e. The van der Waals surface area contributed by atoms with E-state index in [0.29, 0.717) is 17.2 Å². The van der Waals surface area contributed by atoms with Crippen LogP contribution in [0.4, 0.5) is 5.82 Å². The third-order valence-electron chi connectivity index (χ3n) is 2.57. The molecule has 0 fully saturated rings. The lowest BCUT2D eigenvalue weighted by atomic mass is 10.1.